The summed E-state index contributed by atoms with van der Waals surface area (Å²) < 4.78 is 35.2. The second-order valence-corrected chi connectivity index (χ2v) is 6.92. The average Bonchev–Trinajstić information content (AvgIpc) is 3.04. The van der Waals surface area contributed by atoms with E-state index in [0.29, 0.717) is 40.1 Å². The molecule has 0 saturated carbocycles. The Labute approximate surface area is 171 Å². The Hall–Kier alpha value is -2.29. The first-order chi connectivity index (χ1) is 13.4. The highest BCUT2D eigenvalue weighted by molar-refractivity contribution is 7.71. The maximum absolute atomic E-state index is 14.0. The minimum absolute atomic E-state index is 0.0205. The summed E-state index contributed by atoms with van der Waals surface area (Å²) in [6.45, 7) is 2.86. The lowest BCUT2D eigenvalue weighted by atomic mass is 10.2. The van der Waals surface area contributed by atoms with E-state index in [1.165, 1.54) is 18.2 Å². The summed E-state index contributed by atoms with van der Waals surface area (Å²) >= 11 is 11.4. The van der Waals surface area contributed by atoms with Gasteiger partial charge in [-0.1, -0.05) is 24.6 Å². The Morgan fingerprint density at radius 1 is 1.25 bits per heavy atom. The van der Waals surface area contributed by atoms with Crippen LogP contribution in [0.3, 0.4) is 0 Å². The van der Waals surface area contributed by atoms with Gasteiger partial charge in [0.15, 0.2) is 5.82 Å². The number of hydrogen-bond acceptors (Lipinski definition) is 4. The predicted octanol–water partition coefficient (Wildman–Crippen LogP) is 5.03. The van der Waals surface area contributed by atoms with Gasteiger partial charge in [0, 0.05) is 17.1 Å². The van der Waals surface area contributed by atoms with Gasteiger partial charge in [-0.3, -0.25) is 10.00 Å². The van der Waals surface area contributed by atoms with Crippen LogP contribution in [0.15, 0.2) is 36.4 Å². The van der Waals surface area contributed by atoms with Gasteiger partial charge in [0.2, 0.25) is 4.77 Å². The third-order valence-electron chi connectivity index (χ3n) is 4.33. The molecule has 2 aromatic carbocycles. The van der Waals surface area contributed by atoms with Crippen molar-refractivity contribution in [2.24, 2.45) is 0 Å². The van der Waals surface area contributed by atoms with Crippen LogP contribution in [-0.4, -0.2) is 33.3 Å². The summed E-state index contributed by atoms with van der Waals surface area (Å²) in [5.74, 6) is -0.0504. The zero-order valence-electron chi connectivity index (χ0n) is 15.4. The Morgan fingerprint density at radius 3 is 2.61 bits per heavy atom. The van der Waals surface area contributed by atoms with E-state index >= 15 is 0 Å². The molecule has 0 amide bonds. The molecule has 0 aliphatic carbocycles. The van der Waals surface area contributed by atoms with E-state index < -0.39 is 11.6 Å². The third kappa shape index (κ3) is 4.40. The van der Waals surface area contributed by atoms with Crippen molar-refractivity contribution in [1.82, 2.24) is 19.7 Å². The number of methoxy groups -OCH3 is 1. The number of halogens is 3. The fraction of sp³-hybridized carbons (Fsp3) is 0.263. The van der Waals surface area contributed by atoms with Gasteiger partial charge >= 0.3 is 0 Å². The van der Waals surface area contributed by atoms with Gasteiger partial charge in [0.25, 0.3) is 0 Å². The number of benzene rings is 2. The molecule has 0 spiro atoms. The van der Waals surface area contributed by atoms with E-state index in [1.807, 2.05) is 11.8 Å². The molecule has 0 atom stereocenters. The molecule has 3 rings (SSSR count). The van der Waals surface area contributed by atoms with Crippen LogP contribution in [-0.2, 0) is 13.2 Å². The van der Waals surface area contributed by atoms with Crippen molar-refractivity contribution < 1.29 is 13.5 Å². The van der Waals surface area contributed by atoms with Crippen molar-refractivity contribution in [2.45, 2.75) is 20.1 Å². The smallest absolute Gasteiger partial charge is 0.217 e. The lowest BCUT2D eigenvalue weighted by Gasteiger charge is -2.21. The highest BCUT2D eigenvalue weighted by Gasteiger charge is 2.16. The molecule has 0 bridgehead atoms. The molecule has 0 saturated heterocycles. The number of H-pyrrole nitrogens is 1. The van der Waals surface area contributed by atoms with Gasteiger partial charge in [0.05, 0.1) is 19.3 Å². The van der Waals surface area contributed by atoms with Crippen LogP contribution in [0.25, 0.3) is 11.4 Å². The van der Waals surface area contributed by atoms with E-state index in [0.717, 1.165) is 0 Å². The molecule has 0 radical (unpaired) electrons. The molecular weight excluding hydrogens is 406 g/mol. The van der Waals surface area contributed by atoms with Crippen LogP contribution in [0.2, 0.25) is 5.02 Å². The number of rotatable bonds is 7. The highest BCUT2D eigenvalue weighted by Crippen LogP contribution is 2.30. The Bertz CT molecular complexity index is 1020. The number of ether oxygens (including phenoxy) is 1. The van der Waals surface area contributed by atoms with Crippen molar-refractivity contribution >= 4 is 23.8 Å². The molecule has 0 fully saturated rings. The standard InChI is InChI=1S/C19H19ClF2N4OS/c1-3-25(10-14-15(21)5-4-6-16(14)22)11-26-19(28)23-18(24-26)13-9-12(20)7-8-17(13)27-2/h4-9H,3,10-11H2,1-2H3,(H,23,24,28). The minimum atomic E-state index is -0.573. The molecule has 3 aromatic rings. The van der Waals surface area contributed by atoms with Crippen molar-refractivity contribution in [2.75, 3.05) is 13.7 Å². The minimum Gasteiger partial charge on any atom is -0.496 e. The zero-order valence-corrected chi connectivity index (χ0v) is 16.9. The van der Waals surface area contributed by atoms with Crippen LogP contribution in [0, 0.1) is 16.4 Å². The van der Waals surface area contributed by atoms with Gasteiger partial charge in [-0.15, -0.1) is 0 Å². The van der Waals surface area contributed by atoms with Gasteiger partial charge in [-0.25, -0.2) is 13.5 Å². The van der Waals surface area contributed by atoms with E-state index in [2.05, 4.69) is 10.1 Å². The second kappa shape index (κ2) is 8.81. The summed E-state index contributed by atoms with van der Waals surface area (Å²) in [5.41, 5.74) is 0.690. The lowest BCUT2D eigenvalue weighted by Crippen LogP contribution is -2.27. The van der Waals surface area contributed by atoms with Crippen LogP contribution >= 0.6 is 23.8 Å². The number of hydrogen-bond donors (Lipinski definition) is 1. The average molecular weight is 425 g/mol. The normalized spacial score (nSPS) is 11.2. The van der Waals surface area contributed by atoms with Crippen molar-refractivity contribution in [1.29, 1.82) is 0 Å². The number of nitrogens with one attached hydrogen (secondary N) is 1. The summed E-state index contributed by atoms with van der Waals surface area (Å²) in [5, 5.41) is 3.65. The van der Waals surface area contributed by atoms with Gasteiger partial charge in [-0.05, 0) is 49.1 Å². The molecule has 0 unspecified atom stereocenters. The molecule has 28 heavy (non-hydrogen) atoms. The van der Waals surface area contributed by atoms with Crippen LogP contribution < -0.4 is 4.74 Å². The largest absolute Gasteiger partial charge is 0.496 e. The SMILES string of the molecule is CCN(Cc1c(F)cccc1F)Cn1[nH]c(-c2cc(Cl)ccc2OC)nc1=S. The van der Waals surface area contributed by atoms with Gasteiger partial charge in [-0.2, -0.15) is 4.98 Å². The molecule has 1 N–H and O–H groups in total. The van der Waals surface area contributed by atoms with Crippen molar-refractivity contribution in [3.63, 3.8) is 0 Å². The topological polar surface area (TPSA) is 46.1 Å². The fourth-order valence-corrected chi connectivity index (χ4v) is 3.17. The van der Waals surface area contributed by atoms with Crippen LogP contribution in [0.1, 0.15) is 12.5 Å². The van der Waals surface area contributed by atoms with Crippen LogP contribution in [0.5, 0.6) is 5.75 Å². The quantitative estimate of drug-likeness (QED) is 0.540. The number of aromatic nitrogens is 3. The zero-order chi connectivity index (χ0) is 20.3. The maximum Gasteiger partial charge on any atom is 0.217 e. The maximum atomic E-state index is 14.0. The lowest BCUT2D eigenvalue weighted by molar-refractivity contribution is 0.202. The van der Waals surface area contributed by atoms with E-state index in [-0.39, 0.29) is 12.1 Å². The molecule has 1 aromatic heterocycles. The molecule has 148 valence electrons. The molecular formula is C19H19ClF2N4OS. The Kier molecular flexibility index (Phi) is 6.43. The molecule has 0 aliphatic heterocycles. The van der Waals surface area contributed by atoms with E-state index in [9.17, 15) is 8.78 Å². The number of aromatic amines is 1. The van der Waals surface area contributed by atoms with Crippen molar-refractivity contribution in [3.8, 4) is 17.1 Å². The number of nitrogens with zero attached hydrogens (tertiary/aromatic N) is 3. The van der Waals surface area contributed by atoms with Crippen molar-refractivity contribution in [3.05, 3.63) is 63.4 Å². The fourth-order valence-electron chi connectivity index (χ4n) is 2.81. The third-order valence-corrected chi connectivity index (χ3v) is 4.87. The van der Waals surface area contributed by atoms with E-state index in [1.54, 1.807) is 30.0 Å². The monoisotopic (exact) mass is 424 g/mol. The van der Waals surface area contributed by atoms with Gasteiger partial charge in [0.1, 0.15) is 17.4 Å². The molecule has 1 heterocycles. The summed E-state index contributed by atoms with van der Waals surface area (Å²) in [4.78, 5) is 6.21. The first-order valence-electron chi connectivity index (χ1n) is 8.59. The first-order valence-corrected chi connectivity index (χ1v) is 9.37. The van der Waals surface area contributed by atoms with Gasteiger partial charge < -0.3 is 4.74 Å². The molecule has 0 aliphatic rings. The first kappa shape index (κ1) is 20.4. The van der Waals surface area contributed by atoms with E-state index in [4.69, 9.17) is 28.6 Å². The second-order valence-electron chi connectivity index (χ2n) is 6.11. The molecule has 9 heteroatoms. The predicted molar refractivity (Wildman–Crippen MR) is 107 cm³/mol. The summed E-state index contributed by atoms with van der Waals surface area (Å²) in [7, 11) is 1.56. The Balaban J connectivity index is 1.87. The molecule has 5 nitrogen and oxygen atoms in total. The summed E-state index contributed by atoms with van der Waals surface area (Å²) in [6.07, 6.45) is 0. The highest BCUT2D eigenvalue weighted by atomic mass is 35.5. The van der Waals surface area contributed by atoms with Crippen LogP contribution in [0.4, 0.5) is 8.78 Å². The summed E-state index contributed by atoms with van der Waals surface area (Å²) in [6, 6.07) is 9.03. The Morgan fingerprint density at radius 2 is 1.96 bits per heavy atom.